The zero-order valence-electron chi connectivity index (χ0n) is 10.9. The van der Waals surface area contributed by atoms with Gasteiger partial charge in [-0.15, -0.1) is 0 Å². The maximum Gasteiger partial charge on any atom is 0.135 e. The van der Waals surface area contributed by atoms with Gasteiger partial charge < -0.3 is 9.84 Å². The summed E-state index contributed by atoms with van der Waals surface area (Å²) in [5.74, 6) is -1.35. The van der Waals surface area contributed by atoms with Gasteiger partial charge >= 0.3 is 0 Å². The number of hydrogen-bond acceptors (Lipinski definition) is 2. The van der Waals surface area contributed by atoms with Crippen LogP contribution in [0.15, 0.2) is 12.1 Å². The fraction of sp³-hybridized carbons (Fsp3) is 0.571. The number of aliphatic hydroxyl groups is 1. The van der Waals surface area contributed by atoms with E-state index < -0.39 is 22.8 Å². The molecule has 2 nitrogen and oxygen atoms in total. The van der Waals surface area contributed by atoms with Gasteiger partial charge in [-0.2, -0.15) is 0 Å². The van der Waals surface area contributed by atoms with E-state index in [0.29, 0.717) is 5.56 Å². The van der Waals surface area contributed by atoms with E-state index in [0.717, 1.165) is 0 Å². The molecule has 0 aromatic heterocycles. The molecule has 100 valence electrons. The second kappa shape index (κ2) is 4.28. The lowest BCUT2D eigenvalue weighted by Gasteiger charge is -2.42. The largest absolute Gasteiger partial charge is 0.385 e. The van der Waals surface area contributed by atoms with E-state index in [2.05, 4.69) is 0 Å². The SMILES string of the molecule is Cc1ccc(F)c(C2(O)CCOC(C)(C)C2)c1F. The molecule has 1 aromatic carbocycles. The summed E-state index contributed by atoms with van der Waals surface area (Å²) in [6.07, 6.45) is 0.380. The molecule has 0 amide bonds. The first-order valence-electron chi connectivity index (χ1n) is 6.07. The van der Waals surface area contributed by atoms with E-state index >= 15 is 0 Å². The van der Waals surface area contributed by atoms with Crippen LogP contribution in [-0.4, -0.2) is 17.3 Å². The van der Waals surface area contributed by atoms with Crippen LogP contribution in [0, 0.1) is 18.6 Å². The van der Waals surface area contributed by atoms with Gasteiger partial charge in [-0.25, -0.2) is 8.78 Å². The Bertz CT molecular complexity index is 471. The molecule has 1 aromatic rings. The van der Waals surface area contributed by atoms with Gasteiger partial charge in [0.2, 0.25) is 0 Å². The topological polar surface area (TPSA) is 29.5 Å². The number of benzene rings is 1. The molecule has 0 aliphatic carbocycles. The Morgan fingerprint density at radius 1 is 1.28 bits per heavy atom. The Morgan fingerprint density at radius 3 is 2.56 bits per heavy atom. The quantitative estimate of drug-likeness (QED) is 0.836. The van der Waals surface area contributed by atoms with Crippen LogP contribution in [0.5, 0.6) is 0 Å². The van der Waals surface area contributed by atoms with Gasteiger partial charge in [0.25, 0.3) is 0 Å². The van der Waals surface area contributed by atoms with Gasteiger partial charge in [-0.3, -0.25) is 0 Å². The molecule has 1 saturated heterocycles. The second-order valence-corrected chi connectivity index (χ2v) is 5.62. The highest BCUT2D eigenvalue weighted by Gasteiger charge is 2.44. The van der Waals surface area contributed by atoms with Crippen LogP contribution in [0.25, 0.3) is 0 Å². The van der Waals surface area contributed by atoms with E-state index in [1.165, 1.54) is 12.1 Å². The summed E-state index contributed by atoms with van der Waals surface area (Å²) < 4.78 is 33.5. The molecule has 1 unspecified atom stereocenters. The summed E-state index contributed by atoms with van der Waals surface area (Å²) >= 11 is 0. The van der Waals surface area contributed by atoms with Crippen molar-refractivity contribution in [1.29, 1.82) is 0 Å². The highest BCUT2D eigenvalue weighted by Crippen LogP contribution is 2.41. The zero-order valence-corrected chi connectivity index (χ0v) is 10.9. The van der Waals surface area contributed by atoms with Crippen molar-refractivity contribution in [2.45, 2.75) is 44.8 Å². The molecule has 0 bridgehead atoms. The van der Waals surface area contributed by atoms with E-state index in [4.69, 9.17) is 4.74 Å². The lowest BCUT2D eigenvalue weighted by Crippen LogP contribution is -2.45. The van der Waals surface area contributed by atoms with Crippen molar-refractivity contribution in [2.75, 3.05) is 6.61 Å². The highest BCUT2D eigenvalue weighted by molar-refractivity contribution is 5.32. The Hall–Kier alpha value is -1.00. The van der Waals surface area contributed by atoms with Crippen LogP contribution < -0.4 is 0 Å². The van der Waals surface area contributed by atoms with Crippen molar-refractivity contribution in [2.24, 2.45) is 0 Å². The molecule has 1 aliphatic heterocycles. The summed E-state index contributed by atoms with van der Waals surface area (Å²) in [6.45, 7) is 5.47. The van der Waals surface area contributed by atoms with Crippen LogP contribution in [0.3, 0.4) is 0 Å². The maximum atomic E-state index is 14.1. The van der Waals surface area contributed by atoms with Crippen LogP contribution in [0.2, 0.25) is 0 Å². The van der Waals surface area contributed by atoms with E-state index in [1.54, 1.807) is 6.92 Å². The first-order valence-corrected chi connectivity index (χ1v) is 6.07. The number of ether oxygens (including phenoxy) is 1. The van der Waals surface area contributed by atoms with Crippen molar-refractivity contribution < 1.29 is 18.6 Å². The Labute approximate surface area is 106 Å². The van der Waals surface area contributed by atoms with Gasteiger partial charge in [0.05, 0.1) is 17.8 Å². The van der Waals surface area contributed by atoms with Gasteiger partial charge in [0.1, 0.15) is 17.2 Å². The number of aryl methyl sites for hydroxylation is 1. The minimum atomic E-state index is -1.50. The molecule has 0 spiro atoms. The van der Waals surface area contributed by atoms with Gasteiger partial charge in [-0.05, 0) is 32.4 Å². The first-order chi connectivity index (χ1) is 8.25. The zero-order chi connectivity index (χ0) is 13.6. The summed E-state index contributed by atoms with van der Waals surface area (Å²) in [5, 5.41) is 10.6. The highest BCUT2D eigenvalue weighted by atomic mass is 19.1. The molecule has 1 atom stereocenters. The monoisotopic (exact) mass is 256 g/mol. The van der Waals surface area contributed by atoms with Crippen LogP contribution in [0.1, 0.15) is 37.8 Å². The fourth-order valence-electron chi connectivity index (χ4n) is 2.64. The predicted octanol–water partition coefficient (Wildman–Crippen LogP) is 3.05. The summed E-state index contributed by atoms with van der Waals surface area (Å²) in [5.41, 5.74) is -1.97. The standard InChI is InChI=1S/C14H18F2O2/c1-9-4-5-10(15)11(12(9)16)14(17)6-7-18-13(2,3)8-14/h4-5,17H,6-8H2,1-3H3. The minimum absolute atomic E-state index is 0.178. The third-order valence-corrected chi connectivity index (χ3v) is 3.48. The third kappa shape index (κ3) is 2.27. The first kappa shape index (κ1) is 13.4. The minimum Gasteiger partial charge on any atom is -0.385 e. The summed E-state index contributed by atoms with van der Waals surface area (Å²) in [7, 11) is 0. The fourth-order valence-corrected chi connectivity index (χ4v) is 2.64. The molecule has 2 rings (SSSR count). The number of halogens is 2. The van der Waals surface area contributed by atoms with Crippen molar-refractivity contribution in [1.82, 2.24) is 0 Å². The lowest BCUT2D eigenvalue weighted by atomic mass is 9.78. The third-order valence-electron chi connectivity index (χ3n) is 3.48. The molecule has 18 heavy (non-hydrogen) atoms. The van der Waals surface area contributed by atoms with Gasteiger partial charge in [-0.1, -0.05) is 6.07 Å². The Kier molecular flexibility index (Phi) is 3.19. The van der Waals surface area contributed by atoms with Gasteiger partial charge in [0.15, 0.2) is 0 Å². The smallest absolute Gasteiger partial charge is 0.135 e. The normalized spacial score (nSPS) is 27.2. The van der Waals surface area contributed by atoms with Crippen molar-refractivity contribution in [3.63, 3.8) is 0 Å². The molecule has 0 saturated carbocycles. The average Bonchev–Trinajstić information content (AvgIpc) is 2.22. The Morgan fingerprint density at radius 2 is 1.94 bits per heavy atom. The molecule has 1 fully saturated rings. The average molecular weight is 256 g/mol. The van der Waals surface area contributed by atoms with Crippen molar-refractivity contribution >= 4 is 0 Å². The van der Waals surface area contributed by atoms with E-state index in [9.17, 15) is 13.9 Å². The molecule has 1 heterocycles. The number of rotatable bonds is 1. The molecule has 1 aliphatic rings. The molecule has 4 heteroatoms. The van der Waals surface area contributed by atoms with E-state index in [-0.39, 0.29) is 25.0 Å². The predicted molar refractivity (Wildman–Crippen MR) is 64.3 cm³/mol. The summed E-state index contributed by atoms with van der Waals surface area (Å²) in [6, 6.07) is 2.58. The van der Waals surface area contributed by atoms with Crippen molar-refractivity contribution in [3.8, 4) is 0 Å². The lowest BCUT2D eigenvalue weighted by molar-refractivity contribution is -0.150. The van der Waals surface area contributed by atoms with E-state index in [1.807, 2.05) is 13.8 Å². The second-order valence-electron chi connectivity index (χ2n) is 5.62. The summed E-state index contributed by atoms with van der Waals surface area (Å²) in [4.78, 5) is 0. The maximum absolute atomic E-state index is 14.1. The van der Waals surface area contributed by atoms with Gasteiger partial charge in [0, 0.05) is 12.8 Å². The molecule has 0 radical (unpaired) electrons. The van der Waals surface area contributed by atoms with Crippen molar-refractivity contribution in [3.05, 3.63) is 34.9 Å². The molecule has 1 N–H and O–H groups in total. The molecular weight excluding hydrogens is 238 g/mol. The Balaban J connectivity index is 2.50. The number of hydrogen-bond donors (Lipinski definition) is 1. The van der Waals surface area contributed by atoms with Crippen LogP contribution >= 0.6 is 0 Å². The van der Waals surface area contributed by atoms with Crippen LogP contribution in [0.4, 0.5) is 8.78 Å². The molecular formula is C14H18F2O2. The van der Waals surface area contributed by atoms with Crippen LogP contribution in [-0.2, 0) is 10.3 Å².